The zero-order valence-corrected chi connectivity index (χ0v) is 11.2. The average Bonchev–Trinajstić information content (AvgIpc) is 2.85. The molecule has 1 amide bonds. The maximum absolute atomic E-state index is 11.9. The van der Waals surface area contributed by atoms with Gasteiger partial charge in [-0.1, -0.05) is 25.2 Å². The topological polar surface area (TPSA) is 66.9 Å². The van der Waals surface area contributed by atoms with Crippen LogP contribution >= 0.6 is 11.3 Å². The molecule has 1 atom stereocenters. The van der Waals surface area contributed by atoms with Crippen molar-refractivity contribution < 1.29 is 4.79 Å². The summed E-state index contributed by atoms with van der Waals surface area (Å²) >= 11 is 1.28. The number of hydrogen-bond donors (Lipinski definition) is 2. The van der Waals surface area contributed by atoms with Crippen LogP contribution in [0.25, 0.3) is 0 Å². The first kappa shape index (κ1) is 12.3. The molecule has 2 rings (SSSR count). The quantitative estimate of drug-likeness (QED) is 0.864. The molecule has 1 saturated carbocycles. The Labute approximate surface area is 105 Å². The number of aromatic nitrogens is 2. The fourth-order valence-electron chi connectivity index (χ4n) is 2.22. The number of amides is 1. The van der Waals surface area contributed by atoms with Gasteiger partial charge in [-0.25, -0.2) is 0 Å². The van der Waals surface area contributed by atoms with Crippen molar-refractivity contribution in [3.05, 3.63) is 5.01 Å². The molecule has 0 spiro atoms. The molecule has 1 aromatic rings. The lowest BCUT2D eigenvalue weighted by atomic mass is 9.92. The van der Waals surface area contributed by atoms with E-state index in [-0.39, 0.29) is 11.9 Å². The van der Waals surface area contributed by atoms with Crippen LogP contribution in [0.2, 0.25) is 0 Å². The first-order chi connectivity index (χ1) is 8.00. The molecule has 6 heteroatoms. The molecule has 1 aromatic heterocycles. The molecule has 17 heavy (non-hydrogen) atoms. The average molecular weight is 254 g/mol. The van der Waals surface area contributed by atoms with Crippen molar-refractivity contribution in [2.45, 2.75) is 39.2 Å². The van der Waals surface area contributed by atoms with Gasteiger partial charge in [0.1, 0.15) is 0 Å². The molecule has 2 N–H and O–H groups in total. The molecule has 1 unspecified atom stereocenters. The summed E-state index contributed by atoms with van der Waals surface area (Å²) in [5.74, 6) is -0.105. The number of rotatable bonds is 3. The molecule has 0 aliphatic heterocycles. The van der Waals surface area contributed by atoms with Gasteiger partial charge < -0.3 is 10.6 Å². The maximum Gasteiger partial charge on any atom is 0.282 e. The second-order valence-corrected chi connectivity index (χ2v) is 6.22. The molecule has 1 fully saturated rings. The molecule has 0 aromatic carbocycles. The Morgan fingerprint density at radius 2 is 2.24 bits per heavy atom. The van der Waals surface area contributed by atoms with Crippen LogP contribution < -0.4 is 10.6 Å². The Balaban J connectivity index is 1.93. The summed E-state index contributed by atoms with van der Waals surface area (Å²) in [6.45, 7) is 4.48. The number of anilines is 1. The van der Waals surface area contributed by atoms with E-state index in [0.717, 1.165) is 19.3 Å². The van der Waals surface area contributed by atoms with E-state index in [1.165, 1.54) is 11.3 Å². The van der Waals surface area contributed by atoms with E-state index < -0.39 is 0 Å². The summed E-state index contributed by atoms with van der Waals surface area (Å²) in [4.78, 5) is 11.9. The molecule has 5 nitrogen and oxygen atoms in total. The number of nitrogens with one attached hydrogen (secondary N) is 2. The normalized spacial score (nSPS) is 22.4. The van der Waals surface area contributed by atoms with Crippen molar-refractivity contribution in [1.29, 1.82) is 0 Å². The largest absolute Gasteiger partial charge is 0.363 e. The van der Waals surface area contributed by atoms with Gasteiger partial charge in [-0.3, -0.25) is 4.79 Å². The first-order valence-corrected chi connectivity index (χ1v) is 6.64. The summed E-state index contributed by atoms with van der Waals surface area (Å²) in [6.07, 6.45) is 3.25. The molecule has 1 heterocycles. The van der Waals surface area contributed by atoms with E-state index >= 15 is 0 Å². The van der Waals surface area contributed by atoms with E-state index in [1.807, 2.05) is 0 Å². The van der Waals surface area contributed by atoms with Crippen LogP contribution in [-0.2, 0) is 0 Å². The fourth-order valence-corrected chi connectivity index (χ4v) is 2.82. The Hall–Kier alpha value is -1.17. The minimum Gasteiger partial charge on any atom is -0.363 e. The monoisotopic (exact) mass is 254 g/mol. The summed E-state index contributed by atoms with van der Waals surface area (Å²) in [5, 5.41) is 14.7. The smallest absolute Gasteiger partial charge is 0.282 e. The second-order valence-electron chi connectivity index (χ2n) is 5.24. The van der Waals surface area contributed by atoms with Crippen LogP contribution in [0.1, 0.15) is 42.9 Å². The van der Waals surface area contributed by atoms with E-state index in [9.17, 15) is 4.79 Å². The lowest BCUT2D eigenvalue weighted by molar-refractivity contribution is 0.0935. The number of hydrogen-bond acceptors (Lipinski definition) is 5. The van der Waals surface area contributed by atoms with Crippen LogP contribution in [0.3, 0.4) is 0 Å². The van der Waals surface area contributed by atoms with Crippen LogP contribution in [0.15, 0.2) is 0 Å². The van der Waals surface area contributed by atoms with Crippen molar-refractivity contribution in [3.63, 3.8) is 0 Å². The highest BCUT2D eigenvalue weighted by molar-refractivity contribution is 7.17. The fraction of sp³-hybridized carbons (Fsp3) is 0.727. The zero-order chi connectivity index (χ0) is 12.5. The van der Waals surface area contributed by atoms with Gasteiger partial charge in [0, 0.05) is 13.1 Å². The van der Waals surface area contributed by atoms with Crippen molar-refractivity contribution in [2.75, 3.05) is 12.4 Å². The Morgan fingerprint density at radius 1 is 1.47 bits per heavy atom. The SMILES string of the molecule is CNc1nnc(C(=O)NC2CCC(C)(C)C2)s1. The third-order valence-corrected chi connectivity index (χ3v) is 4.08. The van der Waals surface area contributed by atoms with Gasteiger partial charge in [0.25, 0.3) is 5.91 Å². The number of carbonyl (C=O) groups is 1. The predicted molar refractivity (Wildman–Crippen MR) is 68.3 cm³/mol. The van der Waals surface area contributed by atoms with Gasteiger partial charge in [0.2, 0.25) is 10.1 Å². The summed E-state index contributed by atoms with van der Waals surface area (Å²) in [5.41, 5.74) is 0.342. The second kappa shape index (κ2) is 4.60. The number of nitrogens with zero attached hydrogens (tertiary/aromatic N) is 2. The molecular formula is C11H18N4OS. The van der Waals surface area contributed by atoms with Gasteiger partial charge in [0.05, 0.1) is 0 Å². The van der Waals surface area contributed by atoms with Gasteiger partial charge in [-0.2, -0.15) is 0 Å². The Kier molecular flexibility index (Phi) is 3.33. The van der Waals surface area contributed by atoms with Crippen LogP contribution in [0.5, 0.6) is 0 Å². The Bertz CT molecular complexity index is 415. The predicted octanol–water partition coefficient (Wildman–Crippen LogP) is 1.89. The van der Waals surface area contributed by atoms with Crippen molar-refractivity contribution in [1.82, 2.24) is 15.5 Å². The summed E-state index contributed by atoms with van der Waals surface area (Å²) in [6, 6.07) is 0.277. The van der Waals surface area contributed by atoms with Crippen molar-refractivity contribution in [2.24, 2.45) is 5.41 Å². The minimum absolute atomic E-state index is 0.105. The molecule has 1 aliphatic rings. The Morgan fingerprint density at radius 3 is 2.76 bits per heavy atom. The third-order valence-electron chi connectivity index (χ3n) is 3.14. The lowest BCUT2D eigenvalue weighted by Crippen LogP contribution is -2.33. The third kappa shape index (κ3) is 2.94. The lowest BCUT2D eigenvalue weighted by Gasteiger charge is -2.17. The number of carbonyl (C=O) groups excluding carboxylic acids is 1. The highest BCUT2D eigenvalue weighted by atomic mass is 32.1. The zero-order valence-electron chi connectivity index (χ0n) is 10.4. The van der Waals surface area contributed by atoms with Gasteiger partial charge >= 0.3 is 0 Å². The van der Waals surface area contributed by atoms with E-state index in [4.69, 9.17) is 0 Å². The molecule has 1 aliphatic carbocycles. The summed E-state index contributed by atoms with van der Waals surface area (Å²) in [7, 11) is 1.77. The highest BCUT2D eigenvalue weighted by Gasteiger charge is 2.32. The van der Waals surface area contributed by atoms with Crippen molar-refractivity contribution in [3.8, 4) is 0 Å². The molecule has 94 valence electrons. The maximum atomic E-state index is 11.9. The standard InChI is InChI=1S/C11H18N4OS/c1-11(2)5-4-7(6-11)13-8(16)9-14-15-10(12-3)17-9/h7H,4-6H2,1-3H3,(H,12,15)(H,13,16). The van der Waals surface area contributed by atoms with Gasteiger partial charge in [-0.15, -0.1) is 10.2 Å². The van der Waals surface area contributed by atoms with E-state index in [0.29, 0.717) is 15.6 Å². The van der Waals surface area contributed by atoms with E-state index in [2.05, 4.69) is 34.7 Å². The van der Waals surface area contributed by atoms with Gasteiger partial charge in [0.15, 0.2) is 0 Å². The van der Waals surface area contributed by atoms with Crippen LogP contribution in [0.4, 0.5) is 5.13 Å². The first-order valence-electron chi connectivity index (χ1n) is 5.82. The van der Waals surface area contributed by atoms with E-state index in [1.54, 1.807) is 7.05 Å². The molecule has 0 bridgehead atoms. The van der Waals surface area contributed by atoms with Gasteiger partial charge in [-0.05, 0) is 24.7 Å². The van der Waals surface area contributed by atoms with Crippen LogP contribution in [-0.4, -0.2) is 29.2 Å². The minimum atomic E-state index is -0.105. The highest BCUT2D eigenvalue weighted by Crippen LogP contribution is 2.37. The molecule has 0 saturated heterocycles. The van der Waals surface area contributed by atoms with Crippen molar-refractivity contribution >= 4 is 22.4 Å². The van der Waals surface area contributed by atoms with Crippen LogP contribution in [0, 0.1) is 5.41 Å². The molecular weight excluding hydrogens is 236 g/mol. The summed E-state index contributed by atoms with van der Waals surface area (Å²) < 4.78 is 0. The molecule has 0 radical (unpaired) electrons.